The minimum absolute atomic E-state index is 0.165. The summed E-state index contributed by atoms with van der Waals surface area (Å²) in [6.45, 7) is 9.16. The molecular formula is C22H31N3O3S. The summed E-state index contributed by atoms with van der Waals surface area (Å²) in [7, 11) is -0.466. The van der Waals surface area contributed by atoms with Crippen molar-refractivity contribution in [1.29, 1.82) is 0 Å². The number of nitrogens with one attached hydrogen (secondary N) is 1. The highest BCUT2D eigenvalue weighted by Crippen LogP contribution is 2.20. The van der Waals surface area contributed by atoms with Gasteiger partial charge in [-0.15, -0.1) is 0 Å². The van der Waals surface area contributed by atoms with Crippen LogP contribution in [0.1, 0.15) is 49.7 Å². The molecular weight excluding hydrogens is 386 g/mol. The molecule has 29 heavy (non-hydrogen) atoms. The SMILES string of the molecule is CCN(c1ccc(C(=O)NC(C)c2ccc(S(=O)(=O)N(C)C)cc2)cc1)C(C)C. The lowest BCUT2D eigenvalue weighted by Gasteiger charge is -2.27. The molecule has 1 atom stereocenters. The Morgan fingerprint density at radius 1 is 0.966 bits per heavy atom. The van der Waals surface area contributed by atoms with Crippen LogP contribution in [0.15, 0.2) is 53.4 Å². The van der Waals surface area contributed by atoms with Crippen molar-refractivity contribution in [2.24, 2.45) is 0 Å². The summed E-state index contributed by atoms with van der Waals surface area (Å²) in [5.74, 6) is -0.165. The predicted octanol–water partition coefficient (Wildman–Crippen LogP) is 3.66. The van der Waals surface area contributed by atoms with E-state index < -0.39 is 10.0 Å². The minimum atomic E-state index is -3.46. The first-order valence-electron chi connectivity index (χ1n) is 9.78. The van der Waals surface area contributed by atoms with Crippen molar-refractivity contribution >= 4 is 21.6 Å². The van der Waals surface area contributed by atoms with E-state index >= 15 is 0 Å². The molecule has 1 amide bonds. The maximum absolute atomic E-state index is 12.6. The molecule has 0 aliphatic rings. The van der Waals surface area contributed by atoms with E-state index in [4.69, 9.17) is 0 Å². The van der Waals surface area contributed by atoms with Gasteiger partial charge >= 0.3 is 0 Å². The van der Waals surface area contributed by atoms with Crippen LogP contribution in [0.2, 0.25) is 0 Å². The standard InChI is InChI=1S/C22H31N3O3S/c1-7-25(16(2)3)20-12-8-19(9-13-20)22(26)23-17(4)18-10-14-21(15-11-18)29(27,28)24(5)6/h8-17H,7H2,1-6H3,(H,23,26). The first-order chi connectivity index (χ1) is 13.6. The Morgan fingerprint density at radius 3 is 1.97 bits per heavy atom. The van der Waals surface area contributed by atoms with Crippen LogP contribution in [0.4, 0.5) is 5.69 Å². The average molecular weight is 418 g/mol. The molecule has 0 spiro atoms. The van der Waals surface area contributed by atoms with E-state index in [1.54, 1.807) is 24.3 Å². The van der Waals surface area contributed by atoms with Gasteiger partial charge in [0.15, 0.2) is 0 Å². The number of carbonyl (C=O) groups excluding carboxylic acids is 1. The predicted molar refractivity (Wildman–Crippen MR) is 118 cm³/mol. The summed E-state index contributed by atoms with van der Waals surface area (Å²) in [6.07, 6.45) is 0. The van der Waals surface area contributed by atoms with Gasteiger partial charge in [0.1, 0.15) is 0 Å². The van der Waals surface area contributed by atoms with E-state index in [2.05, 4.69) is 31.0 Å². The maximum Gasteiger partial charge on any atom is 0.251 e. The van der Waals surface area contributed by atoms with Crippen molar-refractivity contribution in [1.82, 2.24) is 9.62 Å². The quantitative estimate of drug-likeness (QED) is 0.712. The Bertz CT molecular complexity index is 921. The van der Waals surface area contributed by atoms with Crippen LogP contribution in [0.25, 0.3) is 0 Å². The van der Waals surface area contributed by atoms with Gasteiger partial charge in [-0.2, -0.15) is 0 Å². The maximum atomic E-state index is 12.6. The van der Waals surface area contributed by atoms with Crippen LogP contribution < -0.4 is 10.2 Å². The van der Waals surface area contributed by atoms with Gasteiger partial charge in [0.05, 0.1) is 10.9 Å². The second-order valence-corrected chi connectivity index (χ2v) is 9.63. The molecule has 0 fully saturated rings. The molecule has 1 N–H and O–H groups in total. The molecule has 158 valence electrons. The highest BCUT2D eigenvalue weighted by molar-refractivity contribution is 7.89. The summed E-state index contributed by atoms with van der Waals surface area (Å²) in [6, 6.07) is 14.3. The van der Waals surface area contributed by atoms with Gasteiger partial charge in [-0.3, -0.25) is 4.79 Å². The molecule has 0 saturated carbocycles. The molecule has 7 heteroatoms. The summed E-state index contributed by atoms with van der Waals surface area (Å²) in [5, 5.41) is 2.97. The molecule has 1 unspecified atom stereocenters. The van der Waals surface area contributed by atoms with Gasteiger partial charge in [0, 0.05) is 37.9 Å². The van der Waals surface area contributed by atoms with Gasteiger partial charge in [-0.1, -0.05) is 12.1 Å². The lowest BCUT2D eigenvalue weighted by molar-refractivity contribution is 0.0940. The lowest BCUT2D eigenvalue weighted by atomic mass is 10.1. The Labute approximate surface area is 174 Å². The molecule has 0 heterocycles. The smallest absolute Gasteiger partial charge is 0.251 e. The monoisotopic (exact) mass is 417 g/mol. The third kappa shape index (κ3) is 5.36. The highest BCUT2D eigenvalue weighted by Gasteiger charge is 2.18. The average Bonchev–Trinajstić information content (AvgIpc) is 2.68. The van der Waals surface area contributed by atoms with Crippen LogP contribution in [0.3, 0.4) is 0 Å². The van der Waals surface area contributed by atoms with Crippen molar-refractivity contribution < 1.29 is 13.2 Å². The Kier molecular flexibility index (Phi) is 7.43. The number of benzene rings is 2. The van der Waals surface area contributed by atoms with E-state index in [1.165, 1.54) is 18.4 Å². The summed E-state index contributed by atoms with van der Waals surface area (Å²) >= 11 is 0. The number of hydrogen-bond donors (Lipinski definition) is 1. The van der Waals surface area contributed by atoms with Gasteiger partial charge in [0.25, 0.3) is 5.91 Å². The number of nitrogens with zero attached hydrogens (tertiary/aromatic N) is 2. The first-order valence-corrected chi connectivity index (χ1v) is 11.2. The molecule has 0 bridgehead atoms. The van der Waals surface area contributed by atoms with Crippen LogP contribution in [0, 0.1) is 0 Å². The molecule has 0 radical (unpaired) electrons. The summed E-state index contributed by atoms with van der Waals surface area (Å²) in [4.78, 5) is 15.1. The normalized spacial score (nSPS) is 12.8. The van der Waals surface area contributed by atoms with E-state index in [0.29, 0.717) is 11.6 Å². The van der Waals surface area contributed by atoms with E-state index in [0.717, 1.165) is 17.8 Å². The fourth-order valence-corrected chi connectivity index (χ4v) is 4.05. The molecule has 2 rings (SSSR count). The number of carbonyl (C=O) groups is 1. The fraction of sp³-hybridized carbons (Fsp3) is 0.409. The van der Waals surface area contributed by atoms with Gasteiger partial charge in [0.2, 0.25) is 10.0 Å². The minimum Gasteiger partial charge on any atom is -0.369 e. The third-order valence-corrected chi connectivity index (χ3v) is 6.76. The number of sulfonamides is 1. The van der Waals surface area contributed by atoms with Gasteiger partial charge in [-0.05, 0) is 69.7 Å². The van der Waals surface area contributed by atoms with Crippen LogP contribution in [-0.4, -0.2) is 45.3 Å². The zero-order valence-electron chi connectivity index (χ0n) is 18.0. The van der Waals surface area contributed by atoms with Crippen LogP contribution in [0.5, 0.6) is 0 Å². The molecule has 0 saturated heterocycles. The largest absolute Gasteiger partial charge is 0.369 e. The molecule has 0 aliphatic carbocycles. The number of hydrogen-bond acceptors (Lipinski definition) is 4. The van der Waals surface area contributed by atoms with E-state index in [-0.39, 0.29) is 16.8 Å². The second kappa shape index (κ2) is 9.41. The van der Waals surface area contributed by atoms with Gasteiger partial charge < -0.3 is 10.2 Å². The van der Waals surface area contributed by atoms with Crippen LogP contribution in [-0.2, 0) is 10.0 Å². The molecule has 6 nitrogen and oxygen atoms in total. The molecule has 2 aromatic carbocycles. The van der Waals surface area contributed by atoms with Crippen molar-refractivity contribution in [3.63, 3.8) is 0 Å². The Morgan fingerprint density at radius 2 is 1.52 bits per heavy atom. The second-order valence-electron chi connectivity index (χ2n) is 7.48. The Balaban J connectivity index is 2.09. The fourth-order valence-electron chi connectivity index (χ4n) is 3.15. The number of amides is 1. The zero-order chi connectivity index (χ0) is 21.8. The summed E-state index contributed by atoms with van der Waals surface area (Å²) < 4.78 is 25.5. The van der Waals surface area contributed by atoms with Crippen molar-refractivity contribution in [3.8, 4) is 0 Å². The van der Waals surface area contributed by atoms with Gasteiger partial charge in [-0.25, -0.2) is 12.7 Å². The van der Waals surface area contributed by atoms with Crippen molar-refractivity contribution in [2.75, 3.05) is 25.5 Å². The molecule has 0 aromatic heterocycles. The molecule has 0 aliphatic heterocycles. The van der Waals surface area contributed by atoms with E-state index in [1.807, 2.05) is 31.2 Å². The zero-order valence-corrected chi connectivity index (χ0v) is 18.8. The first kappa shape index (κ1) is 22.9. The topological polar surface area (TPSA) is 69.7 Å². The van der Waals surface area contributed by atoms with E-state index in [9.17, 15) is 13.2 Å². The third-order valence-electron chi connectivity index (χ3n) is 4.93. The summed E-state index contributed by atoms with van der Waals surface area (Å²) in [5.41, 5.74) is 2.52. The highest BCUT2D eigenvalue weighted by atomic mass is 32.2. The molecule has 2 aromatic rings. The lowest BCUT2D eigenvalue weighted by Crippen LogP contribution is -2.30. The van der Waals surface area contributed by atoms with Crippen molar-refractivity contribution in [3.05, 3.63) is 59.7 Å². The Hall–Kier alpha value is -2.38. The van der Waals surface area contributed by atoms with Crippen LogP contribution >= 0.6 is 0 Å². The number of rotatable bonds is 8. The van der Waals surface area contributed by atoms with Crippen molar-refractivity contribution in [2.45, 2.75) is 44.7 Å². The number of anilines is 1.